The van der Waals surface area contributed by atoms with Crippen LogP contribution >= 0.6 is 0 Å². The van der Waals surface area contributed by atoms with Gasteiger partial charge in [0.2, 0.25) is 0 Å². The molecule has 0 aliphatic carbocycles. The molecule has 0 spiro atoms. The predicted octanol–water partition coefficient (Wildman–Crippen LogP) is -0.685. The van der Waals surface area contributed by atoms with E-state index >= 15 is 0 Å². The van der Waals surface area contributed by atoms with Crippen LogP contribution in [0.25, 0.3) is 0 Å². The summed E-state index contributed by atoms with van der Waals surface area (Å²) in [6.45, 7) is -0.000741. The molecular formula is C7H10N2O2. The monoisotopic (exact) mass is 154 g/mol. The van der Waals surface area contributed by atoms with Crippen LogP contribution < -0.4 is 5.56 Å². The summed E-state index contributed by atoms with van der Waals surface area (Å²) in [6, 6.07) is 1.62. The topological polar surface area (TPSA) is 55.1 Å². The van der Waals surface area contributed by atoms with E-state index in [1.54, 1.807) is 19.3 Å². The Balaban J connectivity index is 3.07. The van der Waals surface area contributed by atoms with Gasteiger partial charge in [-0.05, 0) is 6.07 Å². The number of rotatable bonds is 2. The third-order valence-electron chi connectivity index (χ3n) is 1.47. The van der Waals surface area contributed by atoms with Gasteiger partial charge in [0.15, 0.2) is 0 Å². The number of nitrogens with zero attached hydrogens (tertiary/aromatic N) is 2. The molecule has 0 bridgehead atoms. The van der Waals surface area contributed by atoms with Crippen LogP contribution in [0.15, 0.2) is 17.1 Å². The predicted molar refractivity (Wildman–Crippen MR) is 40.3 cm³/mol. The second kappa shape index (κ2) is 3.30. The van der Waals surface area contributed by atoms with Crippen LogP contribution in [0.3, 0.4) is 0 Å². The van der Waals surface area contributed by atoms with Gasteiger partial charge in [-0.1, -0.05) is 0 Å². The quantitative estimate of drug-likeness (QED) is 0.613. The molecule has 1 aromatic rings. The highest BCUT2D eigenvalue weighted by atomic mass is 16.3. The normalized spacial score (nSPS) is 10.0. The lowest BCUT2D eigenvalue weighted by atomic mass is 10.2. The van der Waals surface area contributed by atoms with Crippen molar-refractivity contribution in [2.24, 2.45) is 7.05 Å². The molecule has 0 atom stereocenters. The molecule has 1 rings (SSSR count). The SMILES string of the molecule is Cn1nccc(CCO)c1=O. The van der Waals surface area contributed by atoms with Gasteiger partial charge in [0.05, 0.1) is 0 Å². The number of aryl methyl sites for hydroxylation is 1. The first-order chi connectivity index (χ1) is 5.25. The van der Waals surface area contributed by atoms with Crippen LogP contribution in [-0.4, -0.2) is 21.5 Å². The highest BCUT2D eigenvalue weighted by Crippen LogP contribution is 1.88. The number of aromatic nitrogens is 2. The molecule has 1 aromatic heterocycles. The van der Waals surface area contributed by atoms with Crippen molar-refractivity contribution in [3.8, 4) is 0 Å². The Morgan fingerprint density at radius 1 is 1.73 bits per heavy atom. The molecule has 1 heterocycles. The number of hydrogen-bond donors (Lipinski definition) is 1. The molecule has 4 nitrogen and oxygen atoms in total. The molecular weight excluding hydrogens is 144 g/mol. The summed E-state index contributed by atoms with van der Waals surface area (Å²) < 4.78 is 1.25. The first-order valence-electron chi connectivity index (χ1n) is 3.37. The highest BCUT2D eigenvalue weighted by molar-refractivity contribution is 5.06. The van der Waals surface area contributed by atoms with Gasteiger partial charge in [0.1, 0.15) is 0 Å². The summed E-state index contributed by atoms with van der Waals surface area (Å²) in [5, 5.41) is 12.3. The van der Waals surface area contributed by atoms with Gasteiger partial charge in [-0.15, -0.1) is 0 Å². The van der Waals surface area contributed by atoms with Gasteiger partial charge in [0.25, 0.3) is 5.56 Å². The average Bonchev–Trinajstić information content (AvgIpc) is 1.99. The fourth-order valence-corrected chi connectivity index (χ4v) is 0.866. The van der Waals surface area contributed by atoms with Crippen LogP contribution in [0.5, 0.6) is 0 Å². The molecule has 0 saturated heterocycles. The second-order valence-electron chi connectivity index (χ2n) is 2.26. The third-order valence-corrected chi connectivity index (χ3v) is 1.47. The van der Waals surface area contributed by atoms with E-state index < -0.39 is 0 Å². The van der Waals surface area contributed by atoms with Gasteiger partial charge in [-0.25, -0.2) is 4.68 Å². The van der Waals surface area contributed by atoms with E-state index in [0.29, 0.717) is 12.0 Å². The van der Waals surface area contributed by atoms with Crippen molar-refractivity contribution < 1.29 is 5.11 Å². The fraction of sp³-hybridized carbons (Fsp3) is 0.429. The molecule has 0 saturated carbocycles. The first-order valence-corrected chi connectivity index (χ1v) is 3.37. The van der Waals surface area contributed by atoms with Crippen molar-refractivity contribution in [1.82, 2.24) is 9.78 Å². The highest BCUT2D eigenvalue weighted by Gasteiger charge is 1.98. The minimum absolute atomic E-state index is 0.000741. The van der Waals surface area contributed by atoms with Gasteiger partial charge >= 0.3 is 0 Å². The summed E-state index contributed by atoms with van der Waals surface area (Å²) in [5.74, 6) is 0. The van der Waals surface area contributed by atoms with Crippen LogP contribution in [-0.2, 0) is 13.5 Å². The van der Waals surface area contributed by atoms with Crippen molar-refractivity contribution in [3.05, 3.63) is 28.2 Å². The fourth-order valence-electron chi connectivity index (χ4n) is 0.866. The zero-order valence-electron chi connectivity index (χ0n) is 6.32. The maximum Gasteiger partial charge on any atom is 0.269 e. The number of aliphatic hydroxyl groups is 1. The van der Waals surface area contributed by atoms with E-state index in [-0.39, 0.29) is 12.2 Å². The third kappa shape index (κ3) is 1.65. The molecule has 1 N–H and O–H groups in total. The van der Waals surface area contributed by atoms with Gasteiger partial charge in [-0.2, -0.15) is 5.10 Å². The lowest BCUT2D eigenvalue weighted by Gasteiger charge is -1.98. The molecule has 0 aromatic carbocycles. The molecule has 0 amide bonds. The van der Waals surface area contributed by atoms with Crippen LogP contribution in [0.4, 0.5) is 0 Å². The summed E-state index contributed by atoms with van der Waals surface area (Å²) >= 11 is 0. The molecule has 4 heteroatoms. The summed E-state index contributed by atoms with van der Waals surface area (Å²) in [7, 11) is 1.59. The van der Waals surface area contributed by atoms with Crippen LogP contribution in [0, 0.1) is 0 Å². The minimum Gasteiger partial charge on any atom is -0.396 e. The molecule has 0 fully saturated rings. The lowest BCUT2D eigenvalue weighted by molar-refractivity contribution is 0.298. The van der Waals surface area contributed by atoms with Crippen molar-refractivity contribution >= 4 is 0 Å². The minimum atomic E-state index is -0.137. The Morgan fingerprint density at radius 3 is 3.09 bits per heavy atom. The number of hydrogen-bond acceptors (Lipinski definition) is 3. The van der Waals surface area contributed by atoms with Crippen LogP contribution in [0.2, 0.25) is 0 Å². The maximum absolute atomic E-state index is 11.1. The summed E-state index contributed by atoms with van der Waals surface area (Å²) in [5.41, 5.74) is 0.464. The van der Waals surface area contributed by atoms with E-state index in [4.69, 9.17) is 5.11 Å². The zero-order valence-corrected chi connectivity index (χ0v) is 6.32. The molecule has 0 aliphatic rings. The second-order valence-corrected chi connectivity index (χ2v) is 2.26. The number of aliphatic hydroxyl groups excluding tert-OH is 1. The molecule has 60 valence electrons. The van der Waals surface area contributed by atoms with E-state index in [2.05, 4.69) is 5.10 Å². The molecule has 0 unspecified atom stereocenters. The maximum atomic E-state index is 11.1. The Morgan fingerprint density at radius 2 is 2.45 bits per heavy atom. The summed E-state index contributed by atoms with van der Waals surface area (Å²) in [6.07, 6.45) is 1.95. The molecule has 0 aliphatic heterocycles. The standard InChI is InChI=1S/C7H10N2O2/c1-9-7(11)6(3-5-10)2-4-8-9/h2,4,10H,3,5H2,1H3. The zero-order chi connectivity index (χ0) is 8.27. The van der Waals surface area contributed by atoms with E-state index in [0.717, 1.165) is 0 Å². The van der Waals surface area contributed by atoms with Crippen molar-refractivity contribution in [2.75, 3.05) is 6.61 Å². The van der Waals surface area contributed by atoms with Crippen molar-refractivity contribution in [1.29, 1.82) is 0 Å². The average molecular weight is 154 g/mol. The Bertz CT molecular complexity index is 293. The van der Waals surface area contributed by atoms with E-state index in [9.17, 15) is 4.79 Å². The Hall–Kier alpha value is -1.16. The smallest absolute Gasteiger partial charge is 0.269 e. The lowest BCUT2D eigenvalue weighted by Crippen LogP contribution is -2.23. The van der Waals surface area contributed by atoms with E-state index in [1.165, 1.54) is 4.68 Å². The molecule has 11 heavy (non-hydrogen) atoms. The Kier molecular flexibility index (Phi) is 2.38. The first kappa shape index (κ1) is 7.94. The van der Waals surface area contributed by atoms with Gasteiger partial charge in [-0.3, -0.25) is 4.79 Å². The van der Waals surface area contributed by atoms with Crippen molar-refractivity contribution in [2.45, 2.75) is 6.42 Å². The van der Waals surface area contributed by atoms with Crippen LogP contribution in [0.1, 0.15) is 5.56 Å². The largest absolute Gasteiger partial charge is 0.396 e. The Labute approximate surface area is 64.1 Å². The van der Waals surface area contributed by atoms with E-state index in [1.807, 2.05) is 0 Å². The van der Waals surface area contributed by atoms with Crippen molar-refractivity contribution in [3.63, 3.8) is 0 Å². The van der Waals surface area contributed by atoms with Gasteiger partial charge < -0.3 is 5.11 Å². The molecule has 0 radical (unpaired) electrons. The summed E-state index contributed by atoms with van der Waals surface area (Å²) in [4.78, 5) is 11.1. The van der Waals surface area contributed by atoms with Gasteiger partial charge in [0, 0.05) is 31.8 Å².